The second kappa shape index (κ2) is 3.97. The van der Waals surface area contributed by atoms with Crippen LogP contribution in [0.5, 0.6) is 0 Å². The molecule has 86 valence electrons. The average Bonchev–Trinajstić information content (AvgIpc) is 2.83. The molecule has 0 aliphatic rings. The molecule has 0 amide bonds. The first-order chi connectivity index (χ1) is 8.79. The van der Waals surface area contributed by atoms with Crippen LogP contribution in [0.4, 0.5) is 0 Å². The first-order valence-electron chi connectivity index (χ1n) is 5.60. The van der Waals surface area contributed by atoms with Gasteiger partial charge in [-0.3, -0.25) is 4.57 Å². The summed E-state index contributed by atoms with van der Waals surface area (Å²) in [5.41, 5.74) is 1.45. The third kappa shape index (κ3) is 1.54. The number of nitrogens with zero attached hydrogens (tertiary/aromatic N) is 4. The van der Waals surface area contributed by atoms with E-state index in [1.165, 1.54) is 0 Å². The van der Waals surface area contributed by atoms with Gasteiger partial charge in [0.1, 0.15) is 11.6 Å². The minimum absolute atomic E-state index is 0.628. The number of rotatable bonds is 1. The van der Waals surface area contributed by atoms with Gasteiger partial charge in [0.05, 0.1) is 17.1 Å². The van der Waals surface area contributed by atoms with E-state index >= 15 is 0 Å². The fraction of sp³-hybridized carbons (Fsp3) is 0.0714. The normalized spacial score (nSPS) is 10.4. The highest BCUT2D eigenvalue weighted by Crippen LogP contribution is 2.20. The van der Waals surface area contributed by atoms with E-state index < -0.39 is 0 Å². The molecule has 0 bridgehead atoms. The number of imidazole rings is 1. The number of aryl methyl sites for hydroxylation is 1. The van der Waals surface area contributed by atoms with E-state index in [1.54, 1.807) is 12.3 Å². The molecule has 3 rings (SSSR count). The smallest absolute Gasteiger partial charge is 0.140 e. The molecule has 0 aliphatic carbocycles. The van der Waals surface area contributed by atoms with Gasteiger partial charge in [-0.15, -0.1) is 0 Å². The maximum absolute atomic E-state index is 9.22. The lowest BCUT2D eigenvalue weighted by atomic mass is 10.1. The zero-order chi connectivity index (χ0) is 12.5. The van der Waals surface area contributed by atoms with Crippen LogP contribution in [0.25, 0.3) is 16.7 Å². The molecule has 0 saturated carbocycles. The van der Waals surface area contributed by atoms with Crippen LogP contribution in [-0.2, 0) is 0 Å². The minimum atomic E-state index is 0.628. The second-order valence-corrected chi connectivity index (χ2v) is 4.00. The molecule has 3 aromatic rings. The van der Waals surface area contributed by atoms with E-state index in [0.717, 1.165) is 22.5 Å². The molecule has 0 spiro atoms. The Balaban J connectivity index is 2.34. The number of hydrogen-bond donors (Lipinski definition) is 0. The number of para-hydroxylation sites is 1. The van der Waals surface area contributed by atoms with E-state index in [-0.39, 0.29) is 0 Å². The van der Waals surface area contributed by atoms with Gasteiger partial charge in [-0.2, -0.15) is 5.26 Å². The topological polar surface area (TPSA) is 54.5 Å². The molecule has 0 fully saturated rings. The summed E-state index contributed by atoms with van der Waals surface area (Å²) in [5.74, 6) is 1.57. The summed E-state index contributed by atoms with van der Waals surface area (Å²) in [4.78, 5) is 8.73. The molecular weight excluding hydrogens is 224 g/mol. The van der Waals surface area contributed by atoms with E-state index in [1.807, 2.05) is 42.0 Å². The molecule has 0 N–H and O–H groups in total. The molecule has 2 aromatic heterocycles. The van der Waals surface area contributed by atoms with Crippen molar-refractivity contribution in [1.29, 1.82) is 5.26 Å². The third-order valence-electron chi connectivity index (χ3n) is 2.90. The maximum atomic E-state index is 9.22. The largest absolute Gasteiger partial charge is 0.288 e. The Labute approximate surface area is 104 Å². The molecule has 4 heteroatoms. The van der Waals surface area contributed by atoms with Crippen LogP contribution in [0, 0.1) is 18.3 Å². The third-order valence-corrected chi connectivity index (χ3v) is 2.90. The fourth-order valence-electron chi connectivity index (χ4n) is 2.00. The van der Waals surface area contributed by atoms with Crippen molar-refractivity contribution < 1.29 is 0 Å². The van der Waals surface area contributed by atoms with Crippen LogP contribution < -0.4 is 0 Å². The zero-order valence-corrected chi connectivity index (χ0v) is 9.83. The minimum Gasteiger partial charge on any atom is -0.288 e. The molecule has 0 aliphatic heterocycles. The Hall–Kier alpha value is -2.67. The molecule has 18 heavy (non-hydrogen) atoms. The van der Waals surface area contributed by atoms with Gasteiger partial charge >= 0.3 is 0 Å². The second-order valence-electron chi connectivity index (χ2n) is 4.00. The van der Waals surface area contributed by atoms with E-state index in [9.17, 15) is 5.26 Å². The summed E-state index contributed by atoms with van der Waals surface area (Å²) in [7, 11) is 0. The predicted molar refractivity (Wildman–Crippen MR) is 68.3 cm³/mol. The molecule has 2 heterocycles. The SMILES string of the molecule is Cc1nccn1-c1cc(C#N)c2ccccc2n1. The highest BCUT2D eigenvalue weighted by molar-refractivity contribution is 5.85. The highest BCUT2D eigenvalue weighted by atomic mass is 15.1. The molecule has 4 nitrogen and oxygen atoms in total. The van der Waals surface area contributed by atoms with Crippen molar-refractivity contribution in [2.45, 2.75) is 6.92 Å². The summed E-state index contributed by atoms with van der Waals surface area (Å²) >= 11 is 0. The lowest BCUT2D eigenvalue weighted by Crippen LogP contribution is -2.00. The fourth-order valence-corrected chi connectivity index (χ4v) is 2.00. The number of nitriles is 1. The van der Waals surface area contributed by atoms with Crippen LogP contribution >= 0.6 is 0 Å². The first kappa shape index (κ1) is 10.5. The Morgan fingerprint density at radius 3 is 2.83 bits per heavy atom. The maximum Gasteiger partial charge on any atom is 0.140 e. The van der Waals surface area contributed by atoms with Crippen LogP contribution in [-0.4, -0.2) is 14.5 Å². The Morgan fingerprint density at radius 1 is 1.28 bits per heavy atom. The Morgan fingerprint density at radius 2 is 2.11 bits per heavy atom. The van der Waals surface area contributed by atoms with Crippen molar-refractivity contribution >= 4 is 10.9 Å². The van der Waals surface area contributed by atoms with Crippen molar-refractivity contribution in [3.63, 3.8) is 0 Å². The van der Waals surface area contributed by atoms with Crippen LogP contribution in [0.15, 0.2) is 42.7 Å². The van der Waals surface area contributed by atoms with Crippen molar-refractivity contribution in [3.05, 3.63) is 54.1 Å². The van der Waals surface area contributed by atoms with E-state index in [2.05, 4.69) is 16.0 Å². The van der Waals surface area contributed by atoms with Crippen molar-refractivity contribution in [1.82, 2.24) is 14.5 Å². The molecule has 1 aromatic carbocycles. The van der Waals surface area contributed by atoms with Gasteiger partial charge in [-0.25, -0.2) is 9.97 Å². The van der Waals surface area contributed by atoms with Gasteiger partial charge in [0.15, 0.2) is 0 Å². The summed E-state index contributed by atoms with van der Waals surface area (Å²) in [6.07, 6.45) is 3.56. The molecule has 0 saturated heterocycles. The summed E-state index contributed by atoms with van der Waals surface area (Å²) in [6, 6.07) is 11.7. The van der Waals surface area contributed by atoms with Gasteiger partial charge in [-0.05, 0) is 19.1 Å². The lowest BCUT2D eigenvalue weighted by Gasteiger charge is -2.07. The predicted octanol–water partition coefficient (Wildman–Crippen LogP) is 2.60. The zero-order valence-electron chi connectivity index (χ0n) is 9.83. The van der Waals surface area contributed by atoms with Gasteiger partial charge in [0, 0.05) is 17.8 Å². The standard InChI is InChI=1S/C14H10N4/c1-10-16-6-7-18(10)14-8-11(9-15)12-4-2-3-5-13(12)17-14/h2-8H,1H3. The number of benzene rings is 1. The van der Waals surface area contributed by atoms with Crippen LogP contribution in [0.2, 0.25) is 0 Å². The molecular formula is C14H10N4. The van der Waals surface area contributed by atoms with E-state index in [0.29, 0.717) is 5.56 Å². The average molecular weight is 234 g/mol. The van der Waals surface area contributed by atoms with Gasteiger partial charge in [0.25, 0.3) is 0 Å². The number of fused-ring (bicyclic) bond motifs is 1. The molecule has 0 unspecified atom stereocenters. The number of hydrogen-bond acceptors (Lipinski definition) is 3. The highest BCUT2D eigenvalue weighted by Gasteiger charge is 2.07. The number of aromatic nitrogens is 3. The number of pyridine rings is 1. The van der Waals surface area contributed by atoms with Crippen molar-refractivity contribution in [2.24, 2.45) is 0 Å². The summed E-state index contributed by atoms with van der Waals surface area (Å²) in [6.45, 7) is 1.91. The van der Waals surface area contributed by atoms with Crippen LogP contribution in [0.1, 0.15) is 11.4 Å². The monoisotopic (exact) mass is 234 g/mol. The van der Waals surface area contributed by atoms with Gasteiger partial charge < -0.3 is 0 Å². The Kier molecular flexibility index (Phi) is 2.31. The Bertz CT molecular complexity index is 765. The summed E-state index contributed by atoms with van der Waals surface area (Å²) < 4.78 is 1.87. The van der Waals surface area contributed by atoms with Crippen molar-refractivity contribution in [3.8, 4) is 11.9 Å². The molecule has 0 radical (unpaired) electrons. The first-order valence-corrected chi connectivity index (χ1v) is 5.60. The van der Waals surface area contributed by atoms with Crippen LogP contribution in [0.3, 0.4) is 0 Å². The van der Waals surface area contributed by atoms with Gasteiger partial charge in [0.2, 0.25) is 0 Å². The lowest BCUT2D eigenvalue weighted by molar-refractivity contribution is 0.940. The summed E-state index contributed by atoms with van der Waals surface area (Å²) in [5, 5.41) is 10.1. The van der Waals surface area contributed by atoms with Crippen molar-refractivity contribution in [2.75, 3.05) is 0 Å². The van der Waals surface area contributed by atoms with Gasteiger partial charge in [-0.1, -0.05) is 18.2 Å². The molecule has 0 atom stereocenters. The van der Waals surface area contributed by atoms with E-state index in [4.69, 9.17) is 0 Å². The quantitative estimate of drug-likeness (QED) is 0.650.